The zero-order chi connectivity index (χ0) is 15.4. The molecule has 2 rings (SSSR count). The third-order valence-corrected chi connectivity index (χ3v) is 3.44. The summed E-state index contributed by atoms with van der Waals surface area (Å²) >= 11 is 5.88. The zero-order valence-corrected chi connectivity index (χ0v) is 12.6. The number of carbonyl (C=O) groups excluding carboxylic acids is 1. The van der Waals surface area contributed by atoms with Crippen LogP contribution in [0.3, 0.4) is 0 Å². The minimum Gasteiger partial charge on any atom is -0.465 e. The summed E-state index contributed by atoms with van der Waals surface area (Å²) in [5, 5.41) is 3.98. The van der Waals surface area contributed by atoms with Crippen LogP contribution in [0.25, 0.3) is 0 Å². The first-order chi connectivity index (χ1) is 10.0. The summed E-state index contributed by atoms with van der Waals surface area (Å²) in [5.74, 6) is -0.423. The van der Waals surface area contributed by atoms with Gasteiger partial charge in [0.05, 0.1) is 12.7 Å². The predicted octanol–water partition coefficient (Wildman–Crippen LogP) is 3.88. The molecule has 21 heavy (non-hydrogen) atoms. The van der Waals surface area contributed by atoms with Crippen LogP contribution in [0.4, 0.5) is 11.4 Å². The van der Waals surface area contributed by atoms with E-state index in [1.165, 1.54) is 7.11 Å². The second-order valence-electron chi connectivity index (χ2n) is 4.71. The summed E-state index contributed by atoms with van der Waals surface area (Å²) < 4.78 is 4.78. The number of methoxy groups -OCH3 is 1. The molecule has 110 valence electrons. The summed E-state index contributed by atoms with van der Waals surface area (Å²) in [6.45, 7) is 2.00. The van der Waals surface area contributed by atoms with E-state index in [4.69, 9.17) is 22.1 Å². The van der Waals surface area contributed by atoms with Crippen molar-refractivity contribution in [3.8, 4) is 0 Å². The van der Waals surface area contributed by atoms with E-state index in [-0.39, 0.29) is 6.04 Å². The van der Waals surface area contributed by atoms with Crippen LogP contribution in [0.5, 0.6) is 0 Å². The van der Waals surface area contributed by atoms with Crippen LogP contribution in [0.1, 0.15) is 28.9 Å². The van der Waals surface area contributed by atoms with Gasteiger partial charge in [0.15, 0.2) is 0 Å². The predicted molar refractivity (Wildman–Crippen MR) is 85.7 cm³/mol. The number of benzene rings is 2. The molecule has 3 N–H and O–H groups in total. The third kappa shape index (κ3) is 3.67. The number of carbonyl (C=O) groups is 1. The normalized spacial score (nSPS) is 11.8. The maximum atomic E-state index is 11.8. The van der Waals surface area contributed by atoms with Gasteiger partial charge in [-0.15, -0.1) is 0 Å². The van der Waals surface area contributed by atoms with Crippen LogP contribution >= 0.6 is 11.6 Å². The van der Waals surface area contributed by atoms with Crippen molar-refractivity contribution in [2.75, 3.05) is 18.2 Å². The maximum absolute atomic E-state index is 11.8. The fourth-order valence-corrected chi connectivity index (χ4v) is 2.16. The molecule has 0 saturated carbocycles. The quantitative estimate of drug-likeness (QED) is 0.664. The van der Waals surface area contributed by atoms with Gasteiger partial charge in [0.25, 0.3) is 0 Å². The lowest BCUT2D eigenvalue weighted by Crippen LogP contribution is -2.12. The van der Waals surface area contributed by atoms with Gasteiger partial charge in [-0.1, -0.05) is 23.7 Å². The number of nitrogen functional groups attached to an aromatic ring is 1. The largest absolute Gasteiger partial charge is 0.465 e. The molecule has 0 aliphatic rings. The van der Waals surface area contributed by atoms with Crippen molar-refractivity contribution in [3.63, 3.8) is 0 Å². The van der Waals surface area contributed by atoms with Gasteiger partial charge < -0.3 is 15.8 Å². The van der Waals surface area contributed by atoms with E-state index in [0.717, 1.165) is 5.56 Å². The van der Waals surface area contributed by atoms with Crippen molar-refractivity contribution in [2.45, 2.75) is 13.0 Å². The number of anilines is 2. The highest BCUT2D eigenvalue weighted by molar-refractivity contribution is 6.30. The van der Waals surface area contributed by atoms with Crippen LogP contribution in [0.2, 0.25) is 5.02 Å². The Morgan fingerprint density at radius 3 is 2.52 bits per heavy atom. The van der Waals surface area contributed by atoms with Crippen molar-refractivity contribution < 1.29 is 9.53 Å². The molecular weight excluding hydrogens is 288 g/mol. The van der Waals surface area contributed by atoms with Gasteiger partial charge >= 0.3 is 5.97 Å². The molecule has 4 nitrogen and oxygen atoms in total. The fraction of sp³-hybridized carbons (Fsp3) is 0.188. The first-order valence-corrected chi connectivity index (χ1v) is 6.89. The Labute approximate surface area is 128 Å². The Hall–Kier alpha value is -2.20. The Morgan fingerprint density at radius 1 is 1.24 bits per heavy atom. The molecule has 0 amide bonds. The highest BCUT2D eigenvalue weighted by Gasteiger charge is 2.14. The highest BCUT2D eigenvalue weighted by Crippen LogP contribution is 2.25. The molecule has 0 aliphatic carbocycles. The lowest BCUT2D eigenvalue weighted by Gasteiger charge is -2.18. The Bertz CT molecular complexity index is 641. The molecule has 2 aromatic rings. The van der Waals surface area contributed by atoms with Gasteiger partial charge in [0, 0.05) is 22.4 Å². The Kier molecular flexibility index (Phi) is 4.70. The van der Waals surface area contributed by atoms with Crippen molar-refractivity contribution in [1.29, 1.82) is 0 Å². The molecule has 0 bridgehead atoms. The molecular formula is C16H17ClN2O2. The second kappa shape index (κ2) is 6.50. The summed E-state index contributed by atoms with van der Waals surface area (Å²) in [5.41, 5.74) is 8.40. The van der Waals surface area contributed by atoms with Gasteiger partial charge in [0.2, 0.25) is 0 Å². The smallest absolute Gasteiger partial charge is 0.340 e. The Balaban J connectivity index is 2.26. The fourth-order valence-electron chi connectivity index (χ4n) is 2.03. The van der Waals surface area contributed by atoms with Gasteiger partial charge in [-0.2, -0.15) is 0 Å². The SMILES string of the molecule is COC(=O)c1cc(N)ccc1NC(C)c1ccc(Cl)cc1. The summed E-state index contributed by atoms with van der Waals surface area (Å²) in [4.78, 5) is 11.8. The monoisotopic (exact) mass is 304 g/mol. The summed E-state index contributed by atoms with van der Waals surface area (Å²) in [7, 11) is 1.35. The van der Waals surface area contributed by atoms with Crippen LogP contribution in [0.15, 0.2) is 42.5 Å². The van der Waals surface area contributed by atoms with Crippen molar-refractivity contribution in [2.24, 2.45) is 0 Å². The molecule has 0 aliphatic heterocycles. The van der Waals surface area contributed by atoms with Crippen LogP contribution in [0, 0.1) is 0 Å². The molecule has 0 heterocycles. The molecule has 1 atom stereocenters. The number of nitrogens with one attached hydrogen (secondary N) is 1. The van der Waals surface area contributed by atoms with Gasteiger partial charge in [0.1, 0.15) is 0 Å². The topological polar surface area (TPSA) is 64.3 Å². The molecule has 5 heteroatoms. The van der Waals surface area contributed by atoms with Crippen LogP contribution in [-0.4, -0.2) is 13.1 Å². The molecule has 0 saturated heterocycles. The average Bonchev–Trinajstić information content (AvgIpc) is 2.48. The van der Waals surface area contributed by atoms with Crippen LogP contribution < -0.4 is 11.1 Å². The molecule has 0 fully saturated rings. The van der Waals surface area contributed by atoms with E-state index in [0.29, 0.717) is 22.0 Å². The van der Waals surface area contributed by atoms with E-state index >= 15 is 0 Å². The van der Waals surface area contributed by atoms with Crippen LogP contribution in [-0.2, 0) is 4.74 Å². The van der Waals surface area contributed by atoms with E-state index in [1.807, 2.05) is 31.2 Å². The van der Waals surface area contributed by atoms with E-state index in [9.17, 15) is 4.79 Å². The zero-order valence-electron chi connectivity index (χ0n) is 11.9. The number of hydrogen-bond acceptors (Lipinski definition) is 4. The number of halogens is 1. The number of esters is 1. The lowest BCUT2D eigenvalue weighted by atomic mass is 10.1. The van der Waals surface area contributed by atoms with Crippen molar-refractivity contribution >= 4 is 28.9 Å². The minimum absolute atomic E-state index is 0.00861. The average molecular weight is 305 g/mol. The molecule has 0 spiro atoms. The number of rotatable bonds is 4. The second-order valence-corrected chi connectivity index (χ2v) is 5.15. The van der Waals surface area contributed by atoms with E-state index < -0.39 is 5.97 Å². The summed E-state index contributed by atoms with van der Waals surface area (Å²) in [6.07, 6.45) is 0. The van der Waals surface area contributed by atoms with Gasteiger partial charge in [-0.25, -0.2) is 4.79 Å². The van der Waals surface area contributed by atoms with E-state index in [2.05, 4.69) is 5.32 Å². The minimum atomic E-state index is -0.423. The van der Waals surface area contributed by atoms with Gasteiger partial charge in [-0.05, 0) is 42.8 Å². The lowest BCUT2D eigenvalue weighted by molar-refractivity contribution is 0.0602. The first kappa shape index (κ1) is 15.2. The first-order valence-electron chi connectivity index (χ1n) is 6.51. The van der Waals surface area contributed by atoms with Gasteiger partial charge in [-0.3, -0.25) is 0 Å². The third-order valence-electron chi connectivity index (χ3n) is 3.19. The van der Waals surface area contributed by atoms with E-state index in [1.54, 1.807) is 18.2 Å². The number of ether oxygens (including phenoxy) is 1. The number of nitrogens with two attached hydrogens (primary N) is 1. The molecule has 0 aromatic heterocycles. The molecule has 0 radical (unpaired) electrons. The maximum Gasteiger partial charge on any atom is 0.340 e. The summed E-state index contributed by atoms with van der Waals surface area (Å²) in [6, 6.07) is 12.7. The van der Waals surface area contributed by atoms with Crippen molar-refractivity contribution in [3.05, 3.63) is 58.6 Å². The number of hydrogen-bond donors (Lipinski definition) is 2. The van der Waals surface area contributed by atoms with Crippen molar-refractivity contribution in [1.82, 2.24) is 0 Å². The highest BCUT2D eigenvalue weighted by atomic mass is 35.5. The molecule has 2 aromatic carbocycles. The standard InChI is InChI=1S/C16H17ClN2O2/c1-10(11-3-5-12(17)6-4-11)19-15-8-7-13(18)9-14(15)16(20)21-2/h3-10,19H,18H2,1-2H3. The Morgan fingerprint density at radius 2 is 1.90 bits per heavy atom. The molecule has 1 unspecified atom stereocenters.